The van der Waals surface area contributed by atoms with Gasteiger partial charge in [0.05, 0.1) is 44.7 Å². The first kappa shape index (κ1) is 103. The van der Waals surface area contributed by atoms with E-state index < -0.39 is 235 Å². The predicted octanol–water partition coefficient (Wildman–Crippen LogP) is -8.16. The second kappa shape index (κ2) is 52.0. The molecule has 125 heavy (non-hydrogen) atoms. The number of amides is 18. The zero-order valence-electron chi connectivity index (χ0n) is 69.5. The number of benzene rings is 3. The lowest BCUT2D eigenvalue weighted by molar-refractivity contribution is -0.148. The van der Waals surface area contributed by atoms with E-state index in [0.717, 1.165) is 11.8 Å². The average molecular weight is 1790 g/mol. The van der Waals surface area contributed by atoms with E-state index >= 15 is 0 Å². The summed E-state index contributed by atoms with van der Waals surface area (Å²) in [6.45, 7) is 2.98. The lowest BCUT2D eigenvalue weighted by atomic mass is 10.0. The fraction of sp³-hybridized carbons (Fsp3) is 0.519. The molecular formula is C79H114N22O22S2. The largest absolute Gasteiger partial charge is 0.508 e. The van der Waals surface area contributed by atoms with Gasteiger partial charge in [0.2, 0.25) is 106 Å². The topological polar surface area (TPSA) is 700 Å². The van der Waals surface area contributed by atoms with Gasteiger partial charge in [0.15, 0.2) is 5.96 Å². The molecule has 0 bridgehead atoms. The summed E-state index contributed by atoms with van der Waals surface area (Å²) in [6, 6.07) is 3.67. The second-order valence-corrected chi connectivity index (χ2v) is 31.0. The summed E-state index contributed by atoms with van der Waals surface area (Å²) >= 11 is 8.45. The second-order valence-electron chi connectivity index (χ2n) is 30.3. The number of likely N-dealkylation sites (tertiary alicyclic amines) is 2. The molecule has 2 aliphatic rings. The van der Waals surface area contributed by atoms with Crippen molar-refractivity contribution >= 4 is 144 Å². The molecule has 0 aliphatic carbocycles. The predicted molar refractivity (Wildman–Crippen MR) is 454 cm³/mol. The molecule has 14 atom stereocenters. The zero-order valence-corrected chi connectivity index (χ0v) is 71.3. The molecule has 27 N–H and O–H groups in total. The molecule has 2 fully saturated rings. The van der Waals surface area contributed by atoms with Gasteiger partial charge in [-0.1, -0.05) is 86.6 Å². The Morgan fingerprint density at radius 1 is 0.464 bits per heavy atom. The first-order valence-corrected chi connectivity index (χ1v) is 41.6. The van der Waals surface area contributed by atoms with Crippen LogP contribution in [0.3, 0.4) is 0 Å². The third-order valence-electron chi connectivity index (χ3n) is 19.7. The fourth-order valence-corrected chi connectivity index (χ4v) is 13.6. The summed E-state index contributed by atoms with van der Waals surface area (Å²) in [5.41, 5.74) is 23.5. The number of aromatic hydroxyl groups is 1. The van der Waals surface area contributed by atoms with Crippen LogP contribution < -0.4 is 103 Å². The van der Waals surface area contributed by atoms with Crippen molar-refractivity contribution in [2.24, 2.45) is 28.9 Å². The standard InChI is InChI=1S/C79H114N22O22S2/c1-41(2)30-50(71(115)96-54(33-46-21-23-47(103)24-22-46)77(121)101-29-12-19-57(101)75(119)98-55(39-124)73(117)95-53(34-60(82)105)69(113)89-38-64(109)100-28-13-20-58(100)78(122)123)91-63(108)36-86-61(106)35-87-68(112)51(31-44-14-7-5-8-15-44)93-66(110)42(3)90-62(107)37-88-76(120)65(43(4)102)99-74(118)56(40-125)97-72(116)52(32-45-16-9-6-10-17-45)94-70(114)49(18-11-27-85-79(83)84)92-67(111)48(80)25-26-59(81)104/h5-10,14-17,21-24,41-43,48-58,65,102-103,124-125H,11-13,18-20,25-40,80H2,1-4H3,(H2,81,104)(H2,82,105)(H,86,106)(H,87,112)(H,88,120)(H,89,113)(H,90,107)(H,91,108)(H,92,111)(H,93,110)(H,94,114)(H,95,117)(H,96,115)(H,97,116)(H,98,119)(H,99,118)(H,122,123)(H4,83,84,85)/t42-,43+,48-,49-,50-,51-,52-,53-,54-,55-,56-,57-,58-,65-/m0/s1. The third kappa shape index (κ3) is 35.6. The van der Waals surface area contributed by atoms with Crippen molar-refractivity contribution in [2.45, 2.75) is 196 Å². The number of carbonyl (C=O) groups excluding carboxylic acids is 18. The smallest absolute Gasteiger partial charge is 0.326 e. The number of nitrogens with two attached hydrogens (primary N) is 4. The van der Waals surface area contributed by atoms with E-state index in [4.69, 9.17) is 28.3 Å². The highest BCUT2D eigenvalue weighted by Crippen LogP contribution is 2.23. The van der Waals surface area contributed by atoms with Crippen LogP contribution in [0.5, 0.6) is 5.75 Å². The Bertz CT molecular complexity index is 4310. The number of rotatable bonds is 51. The Kier molecular flexibility index (Phi) is 42.8. The van der Waals surface area contributed by atoms with Gasteiger partial charge in [-0.3, -0.25) is 91.7 Å². The number of phenolic OH excluding ortho intramolecular Hbond substituents is 1. The first-order valence-electron chi connectivity index (χ1n) is 40.3. The van der Waals surface area contributed by atoms with E-state index in [1.165, 1.54) is 36.1 Å². The Labute approximate surface area is 730 Å². The molecule has 2 saturated heterocycles. The van der Waals surface area contributed by atoms with Gasteiger partial charge in [0, 0.05) is 56.8 Å². The summed E-state index contributed by atoms with van der Waals surface area (Å²) in [5, 5.41) is 74.6. The number of aliphatic carboxylic acids is 1. The molecule has 3 aromatic carbocycles. The number of guanidine groups is 1. The quantitative estimate of drug-likeness (QED) is 0.0108. The van der Waals surface area contributed by atoms with Crippen LogP contribution in [-0.4, -0.2) is 285 Å². The highest BCUT2D eigenvalue weighted by atomic mass is 32.1. The number of aliphatic hydroxyl groups is 1. The molecule has 684 valence electrons. The first-order chi connectivity index (χ1) is 59.2. The number of thiol groups is 2. The molecule has 2 heterocycles. The number of aliphatic hydroxyl groups excluding tert-OH is 1. The molecule has 44 nitrogen and oxygen atoms in total. The van der Waals surface area contributed by atoms with E-state index in [9.17, 15) is 106 Å². The SMILES string of the molecule is CC(C)C[C@H](NC(=O)CNC(=O)CNC(=O)[C@H](Cc1ccccc1)NC(=O)[C@H](C)NC(=O)CNC(=O)[C@@H](NC(=O)[C@H](CS)NC(=O)[C@H](Cc1ccccc1)NC(=O)[C@H](CCCNC(=N)N)NC(=O)[C@@H](N)CCC(N)=O)[C@@H](C)O)C(=O)N[C@@H](Cc1ccc(O)cc1)C(=O)N1CCC[C@H]1C(=O)N[C@@H](CS)C(=O)N[C@@H](CC(N)=O)C(=O)NCC(=O)N1CCC[C@H]1C(=O)O. The number of nitrogens with zero attached hydrogens (tertiary/aromatic N) is 2. The molecule has 0 radical (unpaired) electrons. The van der Waals surface area contributed by atoms with Gasteiger partial charge >= 0.3 is 5.97 Å². The van der Waals surface area contributed by atoms with Crippen LogP contribution in [-0.2, 0) is 110 Å². The maximum Gasteiger partial charge on any atom is 0.326 e. The molecule has 0 saturated carbocycles. The lowest BCUT2D eigenvalue weighted by Gasteiger charge is -2.31. The Hall–Kier alpha value is -12.7. The van der Waals surface area contributed by atoms with Gasteiger partial charge in [-0.2, -0.15) is 25.3 Å². The molecule has 0 spiro atoms. The van der Waals surface area contributed by atoms with Crippen LogP contribution in [0.4, 0.5) is 0 Å². The number of phenols is 1. The summed E-state index contributed by atoms with van der Waals surface area (Å²) in [7, 11) is 0. The normalized spacial score (nSPS) is 16.3. The highest BCUT2D eigenvalue weighted by molar-refractivity contribution is 7.80. The fourth-order valence-electron chi connectivity index (χ4n) is 13.1. The minimum Gasteiger partial charge on any atom is -0.508 e. The van der Waals surface area contributed by atoms with Crippen molar-refractivity contribution in [1.29, 1.82) is 5.41 Å². The number of hydrogen-bond donors (Lipinski definition) is 25. The van der Waals surface area contributed by atoms with Crippen molar-refractivity contribution in [1.82, 2.24) is 89.6 Å². The van der Waals surface area contributed by atoms with Gasteiger partial charge < -0.3 is 128 Å². The lowest BCUT2D eigenvalue weighted by Crippen LogP contribution is -2.61. The van der Waals surface area contributed by atoms with Crippen LogP contribution in [0.25, 0.3) is 0 Å². The molecule has 46 heteroatoms. The number of hydrogen-bond acceptors (Lipinski definition) is 25. The van der Waals surface area contributed by atoms with Crippen LogP contribution in [0.1, 0.15) is 109 Å². The number of carboxylic acid groups (broad SMARTS) is 1. The van der Waals surface area contributed by atoms with Gasteiger partial charge in [-0.05, 0) is 100.0 Å². The summed E-state index contributed by atoms with van der Waals surface area (Å²) in [5.74, 6) is -19.3. The van der Waals surface area contributed by atoms with E-state index in [2.05, 4.69) is 105 Å². The third-order valence-corrected chi connectivity index (χ3v) is 20.5. The van der Waals surface area contributed by atoms with Gasteiger partial charge in [0.25, 0.3) is 0 Å². The molecule has 2 aliphatic heterocycles. The maximum atomic E-state index is 14.8. The monoisotopic (exact) mass is 1790 g/mol. The van der Waals surface area contributed by atoms with E-state index in [0.29, 0.717) is 23.1 Å². The molecule has 18 amide bonds. The van der Waals surface area contributed by atoms with Crippen LogP contribution in [0, 0.1) is 11.3 Å². The van der Waals surface area contributed by atoms with Crippen molar-refractivity contribution in [3.05, 3.63) is 102 Å². The maximum absolute atomic E-state index is 14.8. The van der Waals surface area contributed by atoms with Gasteiger partial charge in [0.1, 0.15) is 78.3 Å². The van der Waals surface area contributed by atoms with Crippen LogP contribution >= 0.6 is 25.3 Å². The molecular weight excluding hydrogens is 1670 g/mol. The molecule has 0 unspecified atom stereocenters. The number of carboxylic acids is 1. The Morgan fingerprint density at radius 3 is 1.50 bits per heavy atom. The minimum atomic E-state index is -1.79. The minimum absolute atomic E-state index is 0.0223. The molecule has 5 rings (SSSR count). The molecule has 3 aromatic rings. The van der Waals surface area contributed by atoms with Crippen molar-refractivity contribution < 1.29 is 106 Å². The molecule has 0 aromatic heterocycles. The average Bonchev–Trinajstić information content (AvgIpc) is 1.70. The number of primary amides is 2. The summed E-state index contributed by atoms with van der Waals surface area (Å²) < 4.78 is 0. The van der Waals surface area contributed by atoms with Gasteiger partial charge in [-0.25, -0.2) is 4.79 Å². The number of carbonyl (C=O) groups is 19. The Morgan fingerprint density at radius 2 is 0.928 bits per heavy atom. The van der Waals surface area contributed by atoms with Crippen LogP contribution in [0.15, 0.2) is 84.9 Å². The zero-order chi connectivity index (χ0) is 92.7. The van der Waals surface area contributed by atoms with E-state index in [1.54, 1.807) is 74.5 Å². The summed E-state index contributed by atoms with van der Waals surface area (Å²) in [6.07, 6.45) is -2.33. The van der Waals surface area contributed by atoms with E-state index in [-0.39, 0.29) is 114 Å². The number of nitrogens with one attached hydrogen (secondary N) is 16. The van der Waals surface area contributed by atoms with Crippen LogP contribution in [0.2, 0.25) is 0 Å². The highest BCUT2D eigenvalue weighted by Gasteiger charge is 2.42. The van der Waals surface area contributed by atoms with E-state index in [1.807, 2.05) is 0 Å². The van der Waals surface area contributed by atoms with Crippen molar-refractivity contribution in [3.63, 3.8) is 0 Å². The van der Waals surface area contributed by atoms with Crippen molar-refractivity contribution in [2.75, 3.05) is 57.3 Å². The van der Waals surface area contributed by atoms with Crippen molar-refractivity contribution in [3.8, 4) is 5.75 Å². The van der Waals surface area contributed by atoms with Gasteiger partial charge in [-0.15, -0.1) is 0 Å². The summed E-state index contributed by atoms with van der Waals surface area (Å²) in [4.78, 5) is 257. The Balaban J connectivity index is 1.17.